The van der Waals surface area contributed by atoms with E-state index in [1.54, 1.807) is 16.7 Å². The Morgan fingerprint density at radius 1 is 1.19 bits per heavy atom. The molecule has 0 aliphatic rings. The van der Waals surface area contributed by atoms with Crippen LogP contribution in [-0.4, -0.2) is 14.5 Å². The molecule has 0 fully saturated rings. The van der Waals surface area contributed by atoms with Crippen molar-refractivity contribution in [1.29, 1.82) is 0 Å². The number of hydrogen-bond acceptors (Lipinski definition) is 3. The number of aromatic nitrogens is 3. The quantitative estimate of drug-likeness (QED) is 0.728. The molecule has 0 N–H and O–H groups in total. The zero-order valence-electron chi connectivity index (χ0n) is 11.8. The van der Waals surface area contributed by atoms with Crippen molar-refractivity contribution in [3.05, 3.63) is 57.6 Å². The molecule has 0 saturated carbocycles. The first kappa shape index (κ1) is 13.8. The molecule has 2 heterocycles. The minimum atomic E-state index is -0.293. The normalized spacial score (nSPS) is 11.0. The van der Waals surface area contributed by atoms with Crippen LogP contribution in [0.25, 0.3) is 22.3 Å². The molecule has 21 heavy (non-hydrogen) atoms. The average Bonchev–Trinajstić information content (AvgIpc) is 2.46. The summed E-state index contributed by atoms with van der Waals surface area (Å²) in [4.78, 5) is 21.0. The number of hydrogen-bond donors (Lipinski definition) is 0. The maximum Gasteiger partial charge on any atom is 0.349 e. The first-order valence-corrected chi connectivity index (χ1v) is 7.12. The molecular formula is C16H14ClN3O. The number of halogens is 1. The van der Waals surface area contributed by atoms with Gasteiger partial charge in [-0.2, -0.15) is 4.98 Å². The predicted octanol–water partition coefficient (Wildman–Crippen LogP) is 3.44. The molecular weight excluding hydrogens is 286 g/mol. The van der Waals surface area contributed by atoms with Crippen molar-refractivity contribution in [2.45, 2.75) is 20.4 Å². The molecule has 5 heteroatoms. The molecule has 0 spiro atoms. The van der Waals surface area contributed by atoms with Gasteiger partial charge in [-0.3, -0.25) is 4.57 Å². The van der Waals surface area contributed by atoms with Gasteiger partial charge in [0.2, 0.25) is 0 Å². The van der Waals surface area contributed by atoms with Crippen molar-refractivity contribution < 1.29 is 0 Å². The van der Waals surface area contributed by atoms with Gasteiger partial charge >= 0.3 is 5.69 Å². The maximum atomic E-state index is 12.2. The van der Waals surface area contributed by atoms with Gasteiger partial charge in [0, 0.05) is 28.2 Å². The second kappa shape index (κ2) is 5.30. The molecule has 0 aliphatic heterocycles. The van der Waals surface area contributed by atoms with E-state index in [1.807, 2.05) is 38.1 Å². The SMILES string of the molecule is CCn1c(=O)nc(-c2cccc(Cl)c2)c2ccc(C)nc21. The van der Waals surface area contributed by atoms with Gasteiger partial charge in [-0.1, -0.05) is 23.7 Å². The second-order valence-corrected chi connectivity index (χ2v) is 5.26. The number of fused-ring (bicyclic) bond motifs is 1. The van der Waals surface area contributed by atoms with E-state index in [9.17, 15) is 4.79 Å². The summed E-state index contributed by atoms with van der Waals surface area (Å²) in [6, 6.07) is 11.2. The zero-order chi connectivity index (χ0) is 15.0. The highest BCUT2D eigenvalue weighted by atomic mass is 35.5. The zero-order valence-corrected chi connectivity index (χ0v) is 12.6. The Bertz CT molecular complexity index is 886. The van der Waals surface area contributed by atoms with Gasteiger partial charge in [0.25, 0.3) is 0 Å². The first-order valence-electron chi connectivity index (χ1n) is 6.74. The highest BCUT2D eigenvalue weighted by Gasteiger charge is 2.12. The van der Waals surface area contributed by atoms with Crippen molar-refractivity contribution in [1.82, 2.24) is 14.5 Å². The monoisotopic (exact) mass is 299 g/mol. The minimum absolute atomic E-state index is 0.293. The molecule has 4 nitrogen and oxygen atoms in total. The number of pyridine rings is 1. The van der Waals surface area contributed by atoms with Crippen LogP contribution in [0.4, 0.5) is 0 Å². The Morgan fingerprint density at radius 3 is 2.71 bits per heavy atom. The minimum Gasteiger partial charge on any atom is -0.276 e. The molecule has 3 rings (SSSR count). The van der Waals surface area contributed by atoms with E-state index in [0.717, 1.165) is 16.6 Å². The van der Waals surface area contributed by atoms with Crippen LogP contribution in [0.15, 0.2) is 41.2 Å². The van der Waals surface area contributed by atoms with Gasteiger partial charge in [0.1, 0.15) is 5.65 Å². The van der Waals surface area contributed by atoms with Crippen molar-refractivity contribution in [3.8, 4) is 11.3 Å². The van der Waals surface area contributed by atoms with Gasteiger partial charge in [-0.05, 0) is 38.1 Å². The van der Waals surface area contributed by atoms with Crippen molar-refractivity contribution in [2.24, 2.45) is 0 Å². The number of rotatable bonds is 2. The largest absolute Gasteiger partial charge is 0.349 e. The summed E-state index contributed by atoms with van der Waals surface area (Å²) >= 11 is 6.04. The van der Waals surface area contributed by atoms with E-state index < -0.39 is 0 Å². The van der Waals surface area contributed by atoms with E-state index in [-0.39, 0.29) is 5.69 Å². The Balaban J connectivity index is 2.42. The molecule has 0 radical (unpaired) electrons. The molecule has 0 saturated heterocycles. The van der Waals surface area contributed by atoms with Crippen molar-refractivity contribution in [3.63, 3.8) is 0 Å². The molecule has 3 aromatic rings. The van der Waals surface area contributed by atoms with E-state index in [4.69, 9.17) is 11.6 Å². The summed E-state index contributed by atoms with van der Waals surface area (Å²) in [5.41, 5.74) is 2.67. The number of aryl methyl sites for hydroxylation is 2. The summed E-state index contributed by atoms with van der Waals surface area (Å²) in [5, 5.41) is 1.46. The Hall–Kier alpha value is -2.20. The topological polar surface area (TPSA) is 47.8 Å². The summed E-state index contributed by atoms with van der Waals surface area (Å²) < 4.78 is 1.58. The van der Waals surface area contributed by atoms with Gasteiger partial charge in [0.05, 0.1) is 5.69 Å². The molecule has 0 aliphatic carbocycles. The van der Waals surface area contributed by atoms with Crippen LogP contribution in [0.3, 0.4) is 0 Å². The van der Waals surface area contributed by atoms with Gasteiger partial charge in [-0.15, -0.1) is 0 Å². The van der Waals surface area contributed by atoms with Crippen LogP contribution in [0.2, 0.25) is 5.02 Å². The highest BCUT2D eigenvalue weighted by molar-refractivity contribution is 6.30. The van der Waals surface area contributed by atoms with Crippen LogP contribution < -0.4 is 5.69 Å². The molecule has 0 atom stereocenters. The lowest BCUT2D eigenvalue weighted by atomic mass is 10.1. The molecule has 106 valence electrons. The fraction of sp³-hybridized carbons (Fsp3) is 0.188. The average molecular weight is 300 g/mol. The van der Waals surface area contributed by atoms with E-state index in [1.165, 1.54) is 0 Å². The lowest BCUT2D eigenvalue weighted by Gasteiger charge is -2.11. The van der Waals surface area contributed by atoms with Crippen LogP contribution in [0, 0.1) is 6.92 Å². The molecule has 0 unspecified atom stereocenters. The highest BCUT2D eigenvalue weighted by Crippen LogP contribution is 2.26. The molecule has 0 bridgehead atoms. The van der Waals surface area contributed by atoms with Crippen LogP contribution in [0.1, 0.15) is 12.6 Å². The van der Waals surface area contributed by atoms with Crippen molar-refractivity contribution >= 4 is 22.6 Å². The van der Waals surface area contributed by atoms with Gasteiger partial charge in [0.15, 0.2) is 0 Å². The fourth-order valence-electron chi connectivity index (χ4n) is 2.38. The van der Waals surface area contributed by atoms with Gasteiger partial charge < -0.3 is 0 Å². The van der Waals surface area contributed by atoms with E-state index in [2.05, 4.69) is 9.97 Å². The van der Waals surface area contributed by atoms with E-state index >= 15 is 0 Å². The van der Waals surface area contributed by atoms with Crippen LogP contribution in [0.5, 0.6) is 0 Å². The second-order valence-electron chi connectivity index (χ2n) is 4.82. The number of nitrogens with zero attached hydrogens (tertiary/aromatic N) is 3. The fourth-order valence-corrected chi connectivity index (χ4v) is 2.57. The number of benzene rings is 1. The molecule has 2 aromatic heterocycles. The Morgan fingerprint density at radius 2 is 2.00 bits per heavy atom. The lowest BCUT2D eigenvalue weighted by Crippen LogP contribution is -2.24. The maximum absolute atomic E-state index is 12.2. The van der Waals surface area contributed by atoms with Crippen molar-refractivity contribution in [2.75, 3.05) is 0 Å². The third-order valence-electron chi connectivity index (χ3n) is 3.38. The smallest absolute Gasteiger partial charge is 0.276 e. The first-order chi connectivity index (χ1) is 10.1. The Labute approximate surface area is 127 Å². The lowest BCUT2D eigenvalue weighted by molar-refractivity contribution is 0.722. The van der Waals surface area contributed by atoms with E-state index in [0.29, 0.717) is 22.9 Å². The summed E-state index contributed by atoms with van der Waals surface area (Å²) in [5.74, 6) is 0. The van der Waals surface area contributed by atoms with Crippen LogP contribution in [-0.2, 0) is 6.54 Å². The molecule has 1 aromatic carbocycles. The summed E-state index contributed by atoms with van der Waals surface area (Å²) in [6.45, 7) is 4.35. The van der Waals surface area contributed by atoms with Crippen LogP contribution >= 0.6 is 11.6 Å². The molecule has 0 amide bonds. The predicted molar refractivity (Wildman–Crippen MR) is 84.7 cm³/mol. The third-order valence-corrected chi connectivity index (χ3v) is 3.61. The Kier molecular flexibility index (Phi) is 3.47. The van der Waals surface area contributed by atoms with Gasteiger partial charge in [-0.25, -0.2) is 9.78 Å². The third kappa shape index (κ3) is 2.43. The standard InChI is InChI=1S/C16H14ClN3O/c1-3-20-15-13(8-7-10(2)18-15)14(19-16(20)21)11-5-4-6-12(17)9-11/h4-9H,3H2,1-2H3. The summed E-state index contributed by atoms with van der Waals surface area (Å²) in [6.07, 6.45) is 0. The summed E-state index contributed by atoms with van der Waals surface area (Å²) in [7, 11) is 0.